The molecule has 2 atom stereocenters. The van der Waals surface area contributed by atoms with E-state index < -0.39 is 8.07 Å². The Kier molecular flexibility index (Phi) is 2.38. The summed E-state index contributed by atoms with van der Waals surface area (Å²) in [5.41, 5.74) is 3.56. The smallest absolute Gasteiger partial charge is 0.129 e. The zero-order chi connectivity index (χ0) is 10.5. The van der Waals surface area contributed by atoms with Gasteiger partial charge in [0.1, 0.15) is 12.9 Å². The van der Waals surface area contributed by atoms with Crippen molar-refractivity contribution in [3.63, 3.8) is 0 Å². The predicted molar refractivity (Wildman–Crippen MR) is 62.7 cm³/mol. The van der Waals surface area contributed by atoms with Gasteiger partial charge in [-0.3, -0.25) is 0 Å². The quantitative estimate of drug-likeness (QED) is 0.329. The van der Waals surface area contributed by atoms with E-state index in [1.54, 1.807) is 0 Å². The average Bonchev–Trinajstić information content (AvgIpc) is 2.31. The van der Waals surface area contributed by atoms with Crippen molar-refractivity contribution in [2.24, 2.45) is 11.3 Å². The molecule has 0 nitrogen and oxygen atoms in total. The zero-order valence-corrected chi connectivity index (χ0v) is 11.2. The van der Waals surface area contributed by atoms with Crippen LogP contribution in [0.25, 0.3) is 0 Å². The number of halogens is 1. The molecular formula is C11H19ClSi. The van der Waals surface area contributed by atoms with Gasteiger partial charge in [-0.1, -0.05) is 46.3 Å². The van der Waals surface area contributed by atoms with Gasteiger partial charge < -0.3 is 0 Å². The van der Waals surface area contributed by atoms with Crippen LogP contribution in [-0.2, 0) is 0 Å². The summed E-state index contributed by atoms with van der Waals surface area (Å²) in [5, 5.41) is 0. The standard InChI is InChI=1S/C11H19ClSi/c1-9-10(2,3)11(9,12)7-8-13(4,5)6/h9H,1-6H3. The molecule has 1 saturated carbocycles. The lowest BCUT2D eigenvalue weighted by molar-refractivity contribution is 0.578. The molecule has 0 radical (unpaired) electrons. The second-order valence-corrected chi connectivity index (χ2v) is 11.0. The second-order valence-electron chi connectivity index (χ2n) is 5.66. The normalized spacial score (nSPS) is 36.4. The largest absolute Gasteiger partial charge is 0.130 e. The summed E-state index contributed by atoms with van der Waals surface area (Å²) >= 11 is 6.44. The van der Waals surface area contributed by atoms with E-state index in [1.165, 1.54) is 0 Å². The Morgan fingerprint density at radius 1 is 1.23 bits per heavy atom. The van der Waals surface area contributed by atoms with Crippen molar-refractivity contribution in [3.8, 4) is 11.5 Å². The van der Waals surface area contributed by atoms with E-state index in [1.807, 2.05) is 0 Å². The summed E-state index contributed by atoms with van der Waals surface area (Å²) in [5.74, 6) is 3.81. The van der Waals surface area contributed by atoms with Crippen molar-refractivity contribution in [1.29, 1.82) is 0 Å². The highest BCUT2D eigenvalue weighted by molar-refractivity contribution is 6.84. The first-order valence-electron chi connectivity index (χ1n) is 4.84. The van der Waals surface area contributed by atoms with Crippen molar-refractivity contribution in [3.05, 3.63) is 0 Å². The van der Waals surface area contributed by atoms with Crippen LogP contribution in [0.15, 0.2) is 0 Å². The lowest BCUT2D eigenvalue weighted by Crippen LogP contribution is -2.18. The van der Waals surface area contributed by atoms with Crippen LogP contribution < -0.4 is 0 Å². The number of hydrogen-bond acceptors (Lipinski definition) is 0. The monoisotopic (exact) mass is 214 g/mol. The van der Waals surface area contributed by atoms with Gasteiger partial charge >= 0.3 is 0 Å². The Hall–Kier alpha value is 0.0669. The SMILES string of the molecule is CC1C(C)(C)C1(Cl)C#C[Si](C)(C)C. The fourth-order valence-corrected chi connectivity index (χ4v) is 2.59. The van der Waals surface area contributed by atoms with E-state index in [0.717, 1.165) is 0 Å². The molecule has 1 aliphatic rings. The topological polar surface area (TPSA) is 0 Å². The maximum absolute atomic E-state index is 6.44. The van der Waals surface area contributed by atoms with Gasteiger partial charge in [-0.05, 0) is 5.92 Å². The van der Waals surface area contributed by atoms with Crippen LogP contribution >= 0.6 is 11.6 Å². The minimum absolute atomic E-state index is 0.196. The molecule has 13 heavy (non-hydrogen) atoms. The third-order valence-corrected chi connectivity index (χ3v) is 4.94. The number of hydrogen-bond donors (Lipinski definition) is 0. The molecule has 0 N–H and O–H groups in total. The molecule has 0 aromatic carbocycles. The summed E-state index contributed by atoms with van der Waals surface area (Å²) in [6.07, 6.45) is 0. The van der Waals surface area contributed by atoms with E-state index in [9.17, 15) is 0 Å². The van der Waals surface area contributed by atoms with E-state index in [-0.39, 0.29) is 10.3 Å². The molecule has 1 rings (SSSR count). The fraction of sp³-hybridized carbons (Fsp3) is 0.818. The first-order valence-corrected chi connectivity index (χ1v) is 8.72. The lowest BCUT2D eigenvalue weighted by Gasteiger charge is -2.07. The Balaban J connectivity index is 2.82. The Labute approximate surface area is 88.1 Å². The van der Waals surface area contributed by atoms with Gasteiger partial charge in [0, 0.05) is 5.41 Å². The molecule has 0 spiro atoms. The molecule has 0 aromatic heterocycles. The van der Waals surface area contributed by atoms with Crippen LogP contribution in [0.1, 0.15) is 20.8 Å². The lowest BCUT2D eigenvalue weighted by atomic mass is 10.1. The fourth-order valence-electron chi connectivity index (χ4n) is 1.51. The van der Waals surface area contributed by atoms with Crippen molar-refractivity contribution >= 4 is 19.7 Å². The Bertz CT molecular complexity index is 277. The summed E-state index contributed by atoms with van der Waals surface area (Å²) in [4.78, 5) is -0.243. The third-order valence-electron chi connectivity index (χ3n) is 3.15. The molecule has 0 bridgehead atoms. The van der Waals surface area contributed by atoms with Crippen molar-refractivity contribution < 1.29 is 0 Å². The first kappa shape index (κ1) is 11.1. The predicted octanol–water partition coefficient (Wildman–Crippen LogP) is 3.52. The van der Waals surface area contributed by atoms with Crippen molar-refractivity contribution in [2.45, 2.75) is 45.3 Å². The van der Waals surface area contributed by atoms with E-state index in [2.05, 4.69) is 51.9 Å². The van der Waals surface area contributed by atoms with Gasteiger partial charge in [-0.25, -0.2) is 0 Å². The number of alkyl halides is 1. The summed E-state index contributed by atoms with van der Waals surface area (Å²) < 4.78 is 0. The van der Waals surface area contributed by atoms with Gasteiger partial charge in [0.05, 0.1) is 0 Å². The maximum atomic E-state index is 6.44. The molecule has 2 heteroatoms. The molecule has 0 aromatic rings. The van der Waals surface area contributed by atoms with E-state index >= 15 is 0 Å². The van der Waals surface area contributed by atoms with Gasteiger partial charge in [0.2, 0.25) is 0 Å². The van der Waals surface area contributed by atoms with Gasteiger partial charge in [-0.15, -0.1) is 17.1 Å². The molecule has 2 unspecified atom stereocenters. The molecule has 0 amide bonds. The highest BCUT2D eigenvalue weighted by Crippen LogP contribution is 2.65. The second kappa shape index (κ2) is 2.78. The Morgan fingerprint density at radius 3 is 1.85 bits per heavy atom. The molecule has 0 heterocycles. The number of rotatable bonds is 0. The van der Waals surface area contributed by atoms with Crippen LogP contribution in [-0.4, -0.2) is 12.9 Å². The molecule has 0 saturated heterocycles. The van der Waals surface area contributed by atoms with Crippen molar-refractivity contribution in [1.82, 2.24) is 0 Å². The van der Waals surface area contributed by atoms with E-state index in [0.29, 0.717) is 5.92 Å². The van der Waals surface area contributed by atoms with Gasteiger partial charge in [0.15, 0.2) is 0 Å². The Morgan fingerprint density at radius 2 is 1.62 bits per heavy atom. The highest BCUT2D eigenvalue weighted by Gasteiger charge is 2.67. The summed E-state index contributed by atoms with van der Waals surface area (Å²) in [6, 6.07) is 0. The van der Waals surface area contributed by atoms with Crippen LogP contribution in [0.5, 0.6) is 0 Å². The summed E-state index contributed by atoms with van der Waals surface area (Å²) in [7, 11) is -1.26. The molecule has 1 aliphatic carbocycles. The third kappa shape index (κ3) is 1.80. The minimum atomic E-state index is -1.26. The maximum Gasteiger partial charge on any atom is 0.129 e. The van der Waals surface area contributed by atoms with Crippen LogP contribution in [0, 0.1) is 22.8 Å². The van der Waals surface area contributed by atoms with E-state index in [4.69, 9.17) is 11.6 Å². The van der Waals surface area contributed by atoms with Gasteiger partial charge in [0.25, 0.3) is 0 Å². The van der Waals surface area contributed by atoms with Crippen LogP contribution in [0.4, 0.5) is 0 Å². The summed E-state index contributed by atoms with van der Waals surface area (Å²) in [6.45, 7) is 13.3. The minimum Gasteiger partial charge on any atom is -0.130 e. The van der Waals surface area contributed by atoms with Crippen LogP contribution in [0.2, 0.25) is 19.6 Å². The zero-order valence-electron chi connectivity index (χ0n) is 9.46. The molecule has 0 aliphatic heterocycles. The van der Waals surface area contributed by atoms with Crippen molar-refractivity contribution in [2.75, 3.05) is 0 Å². The first-order chi connectivity index (χ1) is 5.61. The molecule has 74 valence electrons. The van der Waals surface area contributed by atoms with Crippen LogP contribution in [0.3, 0.4) is 0 Å². The molecule has 1 fully saturated rings. The molecular weight excluding hydrogens is 196 g/mol. The highest BCUT2D eigenvalue weighted by atomic mass is 35.5. The average molecular weight is 215 g/mol. The van der Waals surface area contributed by atoms with Gasteiger partial charge in [-0.2, -0.15) is 0 Å².